The molecule has 1 aliphatic rings. The number of sulfonamides is 1. The number of halogens is 1. The number of hydrogen-bond donors (Lipinski definition) is 0. The molecule has 0 amide bonds. The Balaban J connectivity index is 1.73. The molecular formula is C28H36FN5O2S. The topological polar surface area (TPSA) is 61.7 Å². The number of benzene rings is 2. The lowest BCUT2D eigenvalue weighted by Gasteiger charge is -2.36. The number of nitrogens with zero attached hydrogens (tertiary/aromatic N) is 5. The summed E-state index contributed by atoms with van der Waals surface area (Å²) in [6, 6.07) is 15.8. The number of anilines is 1. The predicted molar refractivity (Wildman–Crippen MR) is 148 cm³/mol. The van der Waals surface area contributed by atoms with Crippen LogP contribution >= 0.6 is 0 Å². The van der Waals surface area contributed by atoms with Crippen LogP contribution in [0, 0.1) is 12.7 Å². The molecule has 198 valence electrons. The van der Waals surface area contributed by atoms with Gasteiger partial charge in [0.1, 0.15) is 11.6 Å². The Morgan fingerprint density at radius 2 is 1.76 bits per heavy atom. The molecule has 1 aliphatic heterocycles. The Bertz CT molecular complexity index is 1320. The molecular weight excluding hydrogens is 489 g/mol. The van der Waals surface area contributed by atoms with Gasteiger partial charge in [0.25, 0.3) is 0 Å². The van der Waals surface area contributed by atoms with Crippen molar-refractivity contribution in [2.45, 2.75) is 33.7 Å². The number of aryl methyl sites for hydroxylation is 1. The van der Waals surface area contributed by atoms with E-state index in [1.165, 1.54) is 21.8 Å². The summed E-state index contributed by atoms with van der Waals surface area (Å²) < 4.78 is 44.3. The molecule has 0 bridgehead atoms. The first kappa shape index (κ1) is 27.0. The summed E-state index contributed by atoms with van der Waals surface area (Å²) >= 11 is 0. The van der Waals surface area contributed by atoms with Crippen LogP contribution in [0.5, 0.6) is 0 Å². The molecule has 7 nitrogen and oxygen atoms in total. The van der Waals surface area contributed by atoms with Crippen LogP contribution in [0.3, 0.4) is 0 Å². The highest BCUT2D eigenvalue weighted by Gasteiger charge is 2.29. The van der Waals surface area contributed by atoms with Crippen molar-refractivity contribution in [1.29, 1.82) is 0 Å². The number of aromatic nitrogens is 2. The quantitative estimate of drug-likeness (QED) is 0.385. The van der Waals surface area contributed by atoms with Crippen molar-refractivity contribution in [3.63, 3.8) is 0 Å². The largest absolute Gasteiger partial charge is 0.354 e. The summed E-state index contributed by atoms with van der Waals surface area (Å²) in [6.45, 7) is 11.0. The van der Waals surface area contributed by atoms with Crippen molar-refractivity contribution in [3.05, 3.63) is 82.6 Å². The second-order valence-corrected chi connectivity index (χ2v) is 11.1. The van der Waals surface area contributed by atoms with Gasteiger partial charge in [0.05, 0.1) is 11.4 Å². The predicted octanol–water partition coefficient (Wildman–Crippen LogP) is 4.67. The highest BCUT2D eigenvalue weighted by Crippen LogP contribution is 2.31. The van der Waals surface area contributed by atoms with Gasteiger partial charge in [-0.15, -0.1) is 0 Å². The zero-order valence-electron chi connectivity index (χ0n) is 21.8. The van der Waals surface area contributed by atoms with E-state index in [1.807, 2.05) is 50.2 Å². The maximum Gasteiger partial charge on any atom is 0.236 e. The van der Waals surface area contributed by atoms with Crippen molar-refractivity contribution in [2.24, 2.45) is 0 Å². The van der Waals surface area contributed by atoms with Gasteiger partial charge in [-0.1, -0.05) is 50.2 Å². The van der Waals surface area contributed by atoms with Crippen molar-refractivity contribution >= 4 is 21.9 Å². The van der Waals surface area contributed by atoms with E-state index in [1.54, 1.807) is 16.8 Å². The molecule has 1 saturated heterocycles. The first-order valence-corrected chi connectivity index (χ1v) is 14.4. The SMILES string of the molecule is CCCN(Cc1c(C)nn(-c2cccc(F)c2)c1N1CCN(CC)CC1)S(=O)(=O)/C=C/c1ccccc1. The molecule has 0 radical (unpaired) electrons. The zero-order valence-corrected chi connectivity index (χ0v) is 22.7. The summed E-state index contributed by atoms with van der Waals surface area (Å²) in [7, 11) is -3.69. The molecule has 0 aliphatic carbocycles. The summed E-state index contributed by atoms with van der Waals surface area (Å²) in [5.41, 5.74) is 3.03. The normalized spacial score (nSPS) is 15.2. The minimum Gasteiger partial charge on any atom is -0.354 e. The molecule has 37 heavy (non-hydrogen) atoms. The zero-order chi connectivity index (χ0) is 26.4. The van der Waals surface area contributed by atoms with E-state index in [4.69, 9.17) is 5.10 Å². The monoisotopic (exact) mass is 525 g/mol. The van der Waals surface area contributed by atoms with Crippen molar-refractivity contribution in [2.75, 3.05) is 44.2 Å². The molecule has 1 fully saturated rings. The number of piperazine rings is 1. The van der Waals surface area contributed by atoms with Crippen molar-refractivity contribution in [1.82, 2.24) is 19.0 Å². The lowest BCUT2D eigenvalue weighted by molar-refractivity contribution is 0.269. The molecule has 0 atom stereocenters. The lowest BCUT2D eigenvalue weighted by Crippen LogP contribution is -2.47. The first-order valence-electron chi connectivity index (χ1n) is 12.9. The highest BCUT2D eigenvalue weighted by atomic mass is 32.2. The Labute approximate surface area is 219 Å². The molecule has 0 spiro atoms. The fourth-order valence-electron chi connectivity index (χ4n) is 4.66. The maximum atomic E-state index is 14.2. The van der Waals surface area contributed by atoms with E-state index >= 15 is 0 Å². The molecule has 2 heterocycles. The van der Waals surface area contributed by atoms with Crippen molar-refractivity contribution < 1.29 is 12.8 Å². The molecule has 3 aromatic rings. The molecule has 1 aromatic heterocycles. The Kier molecular flexibility index (Phi) is 8.79. The molecule has 0 unspecified atom stereocenters. The van der Waals surface area contributed by atoms with Gasteiger partial charge >= 0.3 is 0 Å². The van der Waals surface area contributed by atoms with Gasteiger partial charge in [-0.05, 0) is 49.7 Å². The summed E-state index contributed by atoms with van der Waals surface area (Å²) in [5, 5.41) is 6.06. The second kappa shape index (κ2) is 12.0. The van der Waals surface area contributed by atoms with E-state index in [2.05, 4.69) is 16.7 Å². The van der Waals surface area contributed by atoms with Crippen molar-refractivity contribution in [3.8, 4) is 5.69 Å². The average Bonchev–Trinajstić information content (AvgIpc) is 3.23. The minimum atomic E-state index is -3.69. The maximum absolute atomic E-state index is 14.2. The van der Waals surface area contributed by atoms with Gasteiger partial charge in [0.2, 0.25) is 10.0 Å². The third-order valence-corrected chi connectivity index (χ3v) is 8.24. The first-order chi connectivity index (χ1) is 17.8. The Morgan fingerprint density at radius 3 is 2.41 bits per heavy atom. The van der Waals surface area contributed by atoms with E-state index < -0.39 is 10.0 Å². The molecule has 9 heteroatoms. The van der Waals surface area contributed by atoms with E-state index in [9.17, 15) is 12.8 Å². The molecule has 0 N–H and O–H groups in total. The molecule has 2 aromatic carbocycles. The third kappa shape index (κ3) is 6.47. The Hall–Kier alpha value is -3.01. The van der Waals surface area contributed by atoms with Gasteiger partial charge in [0.15, 0.2) is 0 Å². The number of hydrogen-bond acceptors (Lipinski definition) is 5. The summed E-state index contributed by atoms with van der Waals surface area (Å²) in [6.07, 6.45) is 2.31. The van der Waals surface area contributed by atoms with Gasteiger partial charge in [0, 0.05) is 50.2 Å². The smallest absolute Gasteiger partial charge is 0.236 e. The van der Waals surface area contributed by atoms with Crippen LogP contribution in [-0.4, -0.2) is 66.7 Å². The summed E-state index contributed by atoms with van der Waals surface area (Å²) in [4.78, 5) is 4.64. The van der Waals surface area contributed by atoms with Crippen LogP contribution < -0.4 is 4.90 Å². The lowest BCUT2D eigenvalue weighted by atomic mass is 10.2. The molecule has 4 rings (SSSR count). The fraction of sp³-hybridized carbons (Fsp3) is 0.393. The van der Waals surface area contributed by atoms with Crippen LogP contribution in [0.4, 0.5) is 10.2 Å². The van der Waals surface area contributed by atoms with Gasteiger partial charge in [-0.25, -0.2) is 17.5 Å². The fourth-order valence-corrected chi connectivity index (χ4v) is 5.91. The van der Waals surface area contributed by atoms with Crippen LogP contribution in [0.25, 0.3) is 11.8 Å². The highest BCUT2D eigenvalue weighted by molar-refractivity contribution is 7.92. The minimum absolute atomic E-state index is 0.194. The van der Waals surface area contributed by atoms with Crippen LogP contribution in [0.2, 0.25) is 0 Å². The second-order valence-electron chi connectivity index (χ2n) is 9.29. The van der Waals surface area contributed by atoms with Crippen LogP contribution in [-0.2, 0) is 16.6 Å². The van der Waals surface area contributed by atoms with E-state index in [0.29, 0.717) is 18.7 Å². The van der Waals surface area contributed by atoms with Gasteiger partial charge in [-0.2, -0.15) is 9.40 Å². The average molecular weight is 526 g/mol. The molecule has 0 saturated carbocycles. The third-order valence-electron chi connectivity index (χ3n) is 6.73. The van der Waals surface area contributed by atoms with Crippen LogP contribution in [0.1, 0.15) is 37.1 Å². The standard InChI is InChI=1S/C28H36FN5O2S/c1-4-15-33(37(35,36)20-14-24-10-7-6-8-11-24)22-27-23(3)30-34(26-13-9-12-25(29)21-26)28(27)32-18-16-31(5-2)17-19-32/h6-14,20-21H,4-5,15-19,22H2,1-3H3/b20-14+. The summed E-state index contributed by atoms with van der Waals surface area (Å²) in [5.74, 6) is 0.498. The van der Waals surface area contributed by atoms with Crippen LogP contribution in [0.15, 0.2) is 60.0 Å². The Morgan fingerprint density at radius 1 is 1.03 bits per heavy atom. The number of likely N-dealkylation sites (N-methyl/N-ethyl adjacent to an activating group) is 1. The van der Waals surface area contributed by atoms with Gasteiger partial charge in [-0.3, -0.25) is 0 Å². The number of rotatable bonds is 10. The van der Waals surface area contributed by atoms with E-state index in [-0.39, 0.29) is 12.4 Å². The van der Waals surface area contributed by atoms with E-state index in [0.717, 1.165) is 55.4 Å². The van der Waals surface area contributed by atoms with Gasteiger partial charge < -0.3 is 9.80 Å².